The van der Waals surface area contributed by atoms with Crippen LogP contribution in [0.3, 0.4) is 0 Å². The van der Waals surface area contributed by atoms with Gasteiger partial charge in [-0.1, -0.05) is 23.2 Å². The van der Waals surface area contributed by atoms with Crippen LogP contribution >= 0.6 is 23.2 Å². The van der Waals surface area contributed by atoms with E-state index in [2.05, 4.69) is 10.3 Å². The standard InChI is InChI=1S/C13H12Cl2N2O3S/c14-8-1-2-10-9(5-8)13(15)11(6-17-10)21(18,19)12-7-20-4-3-16-12/h1-2,5-6,12,16H,3-4,7H2. The second-order valence-corrected chi connectivity index (χ2v) is 7.57. The highest BCUT2D eigenvalue weighted by atomic mass is 35.5. The number of hydrogen-bond acceptors (Lipinski definition) is 5. The minimum Gasteiger partial charge on any atom is -0.377 e. The number of rotatable bonds is 2. The first-order chi connectivity index (χ1) is 10.00. The van der Waals surface area contributed by atoms with Crippen molar-refractivity contribution in [2.24, 2.45) is 0 Å². The lowest BCUT2D eigenvalue weighted by Crippen LogP contribution is -2.46. The predicted octanol–water partition coefficient (Wildman–Crippen LogP) is 2.26. The van der Waals surface area contributed by atoms with E-state index in [4.69, 9.17) is 27.9 Å². The van der Waals surface area contributed by atoms with Gasteiger partial charge in [0.25, 0.3) is 0 Å². The minimum atomic E-state index is -3.67. The predicted molar refractivity (Wildman–Crippen MR) is 81.6 cm³/mol. The van der Waals surface area contributed by atoms with E-state index < -0.39 is 15.2 Å². The van der Waals surface area contributed by atoms with Crippen molar-refractivity contribution in [1.82, 2.24) is 10.3 Å². The van der Waals surface area contributed by atoms with Crippen LogP contribution in [0.25, 0.3) is 10.9 Å². The highest BCUT2D eigenvalue weighted by molar-refractivity contribution is 7.92. The van der Waals surface area contributed by atoms with Crippen molar-refractivity contribution < 1.29 is 13.2 Å². The lowest BCUT2D eigenvalue weighted by molar-refractivity contribution is 0.0978. The van der Waals surface area contributed by atoms with E-state index in [-0.39, 0.29) is 16.5 Å². The molecule has 2 heterocycles. The number of hydrogen-bond donors (Lipinski definition) is 1. The molecular formula is C13H12Cl2N2O3S. The zero-order valence-electron chi connectivity index (χ0n) is 10.8. The van der Waals surface area contributed by atoms with Gasteiger partial charge in [0.2, 0.25) is 0 Å². The third-order valence-electron chi connectivity index (χ3n) is 3.30. The molecule has 1 fully saturated rings. The fourth-order valence-corrected chi connectivity index (χ4v) is 4.38. The van der Waals surface area contributed by atoms with Crippen LogP contribution in [-0.2, 0) is 14.6 Å². The van der Waals surface area contributed by atoms with Gasteiger partial charge in [0, 0.05) is 23.2 Å². The molecule has 1 aromatic carbocycles. The number of benzene rings is 1. The van der Waals surface area contributed by atoms with Crippen LogP contribution in [0.5, 0.6) is 0 Å². The molecule has 2 aromatic rings. The molecule has 0 aliphatic carbocycles. The van der Waals surface area contributed by atoms with Gasteiger partial charge in [-0.25, -0.2) is 8.42 Å². The normalized spacial score (nSPS) is 19.8. The van der Waals surface area contributed by atoms with Gasteiger partial charge in [-0.2, -0.15) is 0 Å². The van der Waals surface area contributed by atoms with Gasteiger partial charge in [-0.3, -0.25) is 10.3 Å². The fourth-order valence-electron chi connectivity index (χ4n) is 2.21. The summed E-state index contributed by atoms with van der Waals surface area (Å²) in [6.45, 7) is 1.06. The Balaban J connectivity index is 2.13. The lowest BCUT2D eigenvalue weighted by atomic mass is 10.2. The van der Waals surface area contributed by atoms with Crippen molar-refractivity contribution in [1.29, 1.82) is 0 Å². The SMILES string of the molecule is O=S(=O)(c1cnc2ccc(Cl)cc2c1Cl)C1COCCN1. The van der Waals surface area contributed by atoms with Crippen molar-refractivity contribution in [3.8, 4) is 0 Å². The third kappa shape index (κ3) is 2.74. The first kappa shape index (κ1) is 15.0. The molecule has 8 heteroatoms. The zero-order valence-corrected chi connectivity index (χ0v) is 13.2. The smallest absolute Gasteiger partial charge is 0.199 e. The molecule has 3 rings (SSSR count). The number of sulfone groups is 1. The van der Waals surface area contributed by atoms with Crippen molar-refractivity contribution in [2.75, 3.05) is 19.8 Å². The van der Waals surface area contributed by atoms with Gasteiger partial charge >= 0.3 is 0 Å². The van der Waals surface area contributed by atoms with Crippen LogP contribution in [0, 0.1) is 0 Å². The molecule has 0 saturated carbocycles. The molecule has 1 aliphatic rings. The quantitative estimate of drug-likeness (QED) is 0.903. The summed E-state index contributed by atoms with van der Waals surface area (Å²) in [5, 5.41) is 3.22. The Kier molecular flexibility index (Phi) is 4.07. The van der Waals surface area contributed by atoms with Crippen molar-refractivity contribution in [3.63, 3.8) is 0 Å². The van der Waals surface area contributed by atoms with E-state index in [0.717, 1.165) is 0 Å². The average molecular weight is 347 g/mol. The van der Waals surface area contributed by atoms with Crippen molar-refractivity contribution in [3.05, 3.63) is 34.4 Å². The Hall–Kier alpha value is -0.920. The maximum Gasteiger partial charge on any atom is 0.199 e. The molecule has 1 saturated heterocycles. The minimum absolute atomic E-state index is 0.0121. The summed E-state index contributed by atoms with van der Waals surface area (Å²) in [5.41, 5.74) is 0.594. The molecule has 0 amide bonds. The van der Waals surface area contributed by atoms with Crippen LogP contribution in [0.1, 0.15) is 0 Å². The first-order valence-corrected chi connectivity index (χ1v) is 8.59. The monoisotopic (exact) mass is 346 g/mol. The first-order valence-electron chi connectivity index (χ1n) is 6.29. The molecule has 0 spiro atoms. The van der Waals surface area contributed by atoms with E-state index in [0.29, 0.717) is 29.1 Å². The summed E-state index contributed by atoms with van der Waals surface area (Å²) in [4.78, 5) is 4.14. The molecule has 5 nitrogen and oxygen atoms in total. The van der Waals surface area contributed by atoms with Crippen LogP contribution in [-0.4, -0.2) is 38.5 Å². The number of morpholine rings is 1. The number of nitrogens with zero attached hydrogens (tertiary/aromatic N) is 1. The number of halogens is 2. The summed E-state index contributed by atoms with van der Waals surface area (Å²) in [6, 6.07) is 4.98. The van der Waals surface area contributed by atoms with Crippen LogP contribution in [0.2, 0.25) is 10.0 Å². The molecule has 0 radical (unpaired) electrons. The van der Waals surface area contributed by atoms with Gasteiger partial charge in [0.05, 0.1) is 23.8 Å². The second kappa shape index (κ2) is 5.70. The van der Waals surface area contributed by atoms with E-state index in [9.17, 15) is 8.42 Å². The zero-order chi connectivity index (χ0) is 15.0. The molecule has 1 N–H and O–H groups in total. The van der Waals surface area contributed by atoms with Gasteiger partial charge < -0.3 is 4.74 Å². The number of nitrogens with one attached hydrogen (secondary N) is 1. The summed E-state index contributed by atoms with van der Waals surface area (Å²) < 4.78 is 30.5. The highest BCUT2D eigenvalue weighted by Gasteiger charge is 2.32. The number of fused-ring (bicyclic) bond motifs is 1. The Morgan fingerprint density at radius 1 is 1.33 bits per heavy atom. The summed E-state index contributed by atoms with van der Waals surface area (Å²) in [7, 11) is -3.67. The van der Waals surface area contributed by atoms with Crippen molar-refractivity contribution in [2.45, 2.75) is 10.3 Å². The number of aromatic nitrogens is 1. The molecule has 1 aromatic heterocycles. The molecule has 1 unspecified atom stereocenters. The molecule has 0 bridgehead atoms. The van der Waals surface area contributed by atoms with Crippen LogP contribution < -0.4 is 5.32 Å². The topological polar surface area (TPSA) is 68.3 Å². The summed E-state index contributed by atoms with van der Waals surface area (Å²) >= 11 is 12.2. The van der Waals surface area contributed by atoms with Gasteiger partial charge in [-0.15, -0.1) is 0 Å². The van der Waals surface area contributed by atoms with Crippen LogP contribution in [0.4, 0.5) is 0 Å². The Bertz CT molecular complexity index is 789. The molecule has 21 heavy (non-hydrogen) atoms. The summed E-state index contributed by atoms with van der Waals surface area (Å²) in [6.07, 6.45) is 1.28. The molecule has 112 valence electrons. The average Bonchev–Trinajstić information content (AvgIpc) is 2.49. The summed E-state index contributed by atoms with van der Waals surface area (Å²) in [5.74, 6) is 0. The van der Waals surface area contributed by atoms with Gasteiger partial charge in [0.15, 0.2) is 9.84 Å². The van der Waals surface area contributed by atoms with Crippen LogP contribution in [0.15, 0.2) is 29.3 Å². The largest absolute Gasteiger partial charge is 0.377 e. The van der Waals surface area contributed by atoms with Crippen molar-refractivity contribution >= 4 is 43.9 Å². The maximum absolute atomic E-state index is 12.6. The Morgan fingerprint density at radius 3 is 2.86 bits per heavy atom. The van der Waals surface area contributed by atoms with Gasteiger partial charge in [0.1, 0.15) is 10.3 Å². The number of ether oxygens (including phenoxy) is 1. The Morgan fingerprint density at radius 2 is 2.14 bits per heavy atom. The van der Waals surface area contributed by atoms with E-state index in [1.54, 1.807) is 18.2 Å². The van der Waals surface area contributed by atoms with Gasteiger partial charge in [-0.05, 0) is 18.2 Å². The Labute approximate surface area is 132 Å². The molecule has 1 atom stereocenters. The lowest BCUT2D eigenvalue weighted by Gasteiger charge is -2.24. The van der Waals surface area contributed by atoms with E-state index in [1.165, 1.54) is 6.20 Å². The molecule has 1 aliphatic heterocycles. The fraction of sp³-hybridized carbons (Fsp3) is 0.308. The second-order valence-electron chi connectivity index (χ2n) is 4.66. The highest BCUT2D eigenvalue weighted by Crippen LogP contribution is 2.32. The molecular weight excluding hydrogens is 335 g/mol. The number of pyridine rings is 1. The third-order valence-corrected chi connectivity index (χ3v) is 6.03. The van der Waals surface area contributed by atoms with E-state index in [1.807, 2.05) is 0 Å². The maximum atomic E-state index is 12.6. The van der Waals surface area contributed by atoms with E-state index >= 15 is 0 Å².